The van der Waals surface area contributed by atoms with Crippen molar-refractivity contribution in [2.24, 2.45) is 0 Å². The van der Waals surface area contributed by atoms with E-state index in [9.17, 15) is 9.59 Å². The Morgan fingerprint density at radius 2 is 0.957 bits per heavy atom. The Balaban J connectivity index is -0.000000333. The maximum absolute atomic E-state index is 10.0. The monoisotopic (exact) mass is 407 g/mol. The second-order valence-corrected chi connectivity index (χ2v) is 5.94. The van der Waals surface area contributed by atoms with Crippen molar-refractivity contribution in [1.82, 2.24) is 0 Å². The molecule has 0 N–H and O–H groups in total. The normalized spacial score (nSPS) is 10.5. The van der Waals surface area contributed by atoms with Gasteiger partial charge in [0.2, 0.25) is 0 Å². The van der Waals surface area contributed by atoms with Gasteiger partial charge in [-0.15, -0.1) is 0 Å². The number of rotatable bonds is 8. The molecule has 0 unspecified atom stereocenters. The quantitative estimate of drug-likeness (QED) is 0.222. The van der Waals surface area contributed by atoms with Crippen LogP contribution < -0.4 is 0 Å². The molecule has 0 saturated heterocycles. The van der Waals surface area contributed by atoms with E-state index in [0.717, 1.165) is 49.4 Å². The molecule has 3 heteroatoms. The van der Waals surface area contributed by atoms with Gasteiger partial charge in [0.1, 0.15) is 12.6 Å². The van der Waals surface area contributed by atoms with Gasteiger partial charge in [-0.25, -0.2) is 0 Å². The van der Waals surface area contributed by atoms with Gasteiger partial charge >= 0.3 is 0 Å². The van der Waals surface area contributed by atoms with Crippen LogP contribution in [0.1, 0.15) is 67.2 Å². The Kier molecular flexibility index (Phi) is 22.1. The zero-order valence-corrected chi connectivity index (χ0v) is 17.1. The smallest absolute Gasteiger partial charge is 0.142 e. The molecular weight excluding hydrogens is 375 g/mol. The second kappa shape index (κ2) is 19.0. The molecule has 1 radical (unpaired) electrons. The Morgan fingerprint density at radius 3 is 1.17 bits per heavy atom. The van der Waals surface area contributed by atoms with Gasteiger partial charge in [0.15, 0.2) is 0 Å². The van der Waals surface area contributed by atoms with Crippen molar-refractivity contribution in [1.29, 1.82) is 0 Å². The largest absolute Gasteiger partial charge is 0.299 e. The summed E-state index contributed by atoms with van der Waals surface area (Å²) >= 11 is 0. The van der Waals surface area contributed by atoms with Gasteiger partial charge in [-0.2, -0.15) is 0 Å². The summed E-state index contributed by atoms with van der Waals surface area (Å²) in [6.45, 7) is 12.3. The van der Waals surface area contributed by atoms with Gasteiger partial charge in [-0.3, -0.25) is 9.59 Å². The third-order valence-electron chi connectivity index (χ3n) is 2.89. The van der Waals surface area contributed by atoms with Crippen molar-refractivity contribution in [3.05, 3.63) is 46.6 Å². The Labute approximate surface area is 155 Å². The first-order chi connectivity index (χ1) is 10.3. The molecule has 0 rings (SSSR count). The van der Waals surface area contributed by atoms with Crippen LogP contribution in [0.4, 0.5) is 0 Å². The molecule has 2 nitrogen and oxygen atoms in total. The van der Waals surface area contributed by atoms with Gasteiger partial charge in [-0.05, 0) is 79.4 Å². The molecule has 0 atom stereocenters. The summed E-state index contributed by atoms with van der Waals surface area (Å²) < 4.78 is 0. The van der Waals surface area contributed by atoms with Crippen molar-refractivity contribution in [3.63, 3.8) is 0 Å². The Hall–Kier alpha value is -1.08. The molecule has 0 saturated carbocycles. The maximum Gasteiger partial charge on any atom is 0.142 e. The van der Waals surface area contributed by atoms with E-state index in [-0.39, 0.29) is 19.5 Å². The molecule has 0 aromatic carbocycles. The maximum atomic E-state index is 10.0. The predicted molar refractivity (Wildman–Crippen MR) is 97.0 cm³/mol. The fourth-order valence-corrected chi connectivity index (χ4v) is 1.58. The molecular formula is C20H32O2Rh. The van der Waals surface area contributed by atoms with Crippen molar-refractivity contribution >= 4 is 12.6 Å². The third kappa shape index (κ3) is 26.2. The number of aldehydes is 2. The van der Waals surface area contributed by atoms with E-state index in [1.165, 1.54) is 11.1 Å². The molecule has 0 aliphatic heterocycles. The fourth-order valence-electron chi connectivity index (χ4n) is 1.58. The van der Waals surface area contributed by atoms with Crippen LogP contribution in [0.3, 0.4) is 0 Å². The minimum Gasteiger partial charge on any atom is -0.299 e. The predicted octanol–water partition coefficient (Wildman–Crippen LogP) is 5.75. The van der Waals surface area contributed by atoms with Crippen molar-refractivity contribution in [2.45, 2.75) is 67.2 Å². The molecule has 23 heavy (non-hydrogen) atoms. The molecule has 0 amide bonds. The summed E-state index contributed by atoms with van der Waals surface area (Å²) in [7, 11) is 0. The average molecular weight is 407 g/mol. The first kappa shape index (κ1) is 26.8. The molecule has 0 aromatic heterocycles. The van der Waals surface area contributed by atoms with Gasteiger partial charge in [0.25, 0.3) is 0 Å². The van der Waals surface area contributed by atoms with E-state index in [1.807, 2.05) is 13.8 Å². The summed E-state index contributed by atoms with van der Waals surface area (Å²) in [6.07, 6.45) is 13.4. The SMILES string of the molecule is CC(C)=CCC/C(C)=C\C=O.CC(C)=CCC/C(C)=C\C=O.[Rh]. The van der Waals surface area contributed by atoms with E-state index in [4.69, 9.17) is 0 Å². The van der Waals surface area contributed by atoms with Crippen LogP contribution in [0.2, 0.25) is 0 Å². The second-order valence-electron chi connectivity index (χ2n) is 5.94. The van der Waals surface area contributed by atoms with Crippen LogP contribution in [0.15, 0.2) is 46.6 Å². The summed E-state index contributed by atoms with van der Waals surface area (Å²) in [4.78, 5) is 20.0. The Bertz CT molecular complexity index is 391. The van der Waals surface area contributed by atoms with Crippen LogP contribution in [0.5, 0.6) is 0 Å². The molecule has 0 spiro atoms. The zero-order valence-electron chi connectivity index (χ0n) is 15.4. The first-order valence-corrected chi connectivity index (χ1v) is 7.82. The van der Waals surface area contributed by atoms with Crippen LogP contribution in [0, 0.1) is 0 Å². The molecule has 133 valence electrons. The van der Waals surface area contributed by atoms with Crippen molar-refractivity contribution < 1.29 is 29.1 Å². The standard InChI is InChI=1S/2C10H16O.Rh/c2*1-9(2)5-4-6-10(3)7-8-11;/h2*5,7-8H,4,6H2,1-3H3;/b2*10-7-;. The molecule has 0 bridgehead atoms. The van der Waals surface area contributed by atoms with E-state index >= 15 is 0 Å². The molecule has 0 heterocycles. The summed E-state index contributed by atoms with van der Waals surface area (Å²) in [5.74, 6) is 0. The summed E-state index contributed by atoms with van der Waals surface area (Å²) in [5.41, 5.74) is 4.97. The minimum absolute atomic E-state index is 0. The Morgan fingerprint density at radius 1 is 0.652 bits per heavy atom. The molecule has 0 aromatic rings. The number of hydrogen-bond acceptors (Lipinski definition) is 2. The number of hydrogen-bond donors (Lipinski definition) is 0. The molecule has 0 aliphatic carbocycles. The fraction of sp³-hybridized carbons (Fsp3) is 0.500. The van der Waals surface area contributed by atoms with E-state index < -0.39 is 0 Å². The summed E-state index contributed by atoms with van der Waals surface area (Å²) in [5, 5.41) is 0. The van der Waals surface area contributed by atoms with Gasteiger partial charge in [0, 0.05) is 19.5 Å². The van der Waals surface area contributed by atoms with Crippen LogP contribution in [-0.4, -0.2) is 12.6 Å². The number of carbonyl (C=O) groups is 2. The van der Waals surface area contributed by atoms with E-state index in [1.54, 1.807) is 12.2 Å². The third-order valence-corrected chi connectivity index (χ3v) is 2.89. The van der Waals surface area contributed by atoms with Gasteiger partial charge in [0.05, 0.1) is 0 Å². The minimum atomic E-state index is 0. The molecule has 0 aliphatic rings. The van der Waals surface area contributed by atoms with Crippen LogP contribution in [0.25, 0.3) is 0 Å². The van der Waals surface area contributed by atoms with Crippen molar-refractivity contribution in [2.75, 3.05) is 0 Å². The van der Waals surface area contributed by atoms with Crippen LogP contribution >= 0.6 is 0 Å². The average Bonchev–Trinajstić information content (AvgIpc) is 2.39. The van der Waals surface area contributed by atoms with E-state index in [2.05, 4.69) is 39.8 Å². The van der Waals surface area contributed by atoms with E-state index in [0.29, 0.717) is 0 Å². The topological polar surface area (TPSA) is 34.1 Å². The summed E-state index contributed by atoms with van der Waals surface area (Å²) in [6, 6.07) is 0. The molecule has 0 fully saturated rings. The zero-order chi connectivity index (χ0) is 17.4. The van der Waals surface area contributed by atoms with Gasteiger partial charge in [-0.1, -0.05) is 34.4 Å². The first-order valence-electron chi connectivity index (χ1n) is 7.82. The van der Waals surface area contributed by atoms with Crippen molar-refractivity contribution in [3.8, 4) is 0 Å². The number of allylic oxidation sites excluding steroid dienone is 8. The van der Waals surface area contributed by atoms with Crippen LogP contribution in [-0.2, 0) is 29.1 Å². The number of carbonyl (C=O) groups excluding carboxylic acids is 2. The van der Waals surface area contributed by atoms with Gasteiger partial charge < -0.3 is 0 Å².